The van der Waals surface area contributed by atoms with Gasteiger partial charge in [0.25, 0.3) is 5.92 Å². The molecule has 1 unspecified atom stereocenters. The molecule has 6 heteroatoms. The lowest BCUT2D eigenvalue weighted by molar-refractivity contribution is -0.0861. The summed E-state index contributed by atoms with van der Waals surface area (Å²) in [6.07, 6.45) is 1.53. The van der Waals surface area contributed by atoms with Gasteiger partial charge in [0.05, 0.1) is 5.75 Å². The van der Waals surface area contributed by atoms with Gasteiger partial charge >= 0.3 is 0 Å². The largest absolute Gasteiger partial charge is 0.250 e. The van der Waals surface area contributed by atoms with Crippen LogP contribution in [0.3, 0.4) is 0 Å². The van der Waals surface area contributed by atoms with Crippen molar-refractivity contribution in [3.63, 3.8) is 0 Å². The maximum atomic E-state index is 13.2. The van der Waals surface area contributed by atoms with Crippen LogP contribution in [0.4, 0.5) is 8.78 Å². The quantitative estimate of drug-likeness (QED) is 0.718. The summed E-state index contributed by atoms with van der Waals surface area (Å²) in [4.78, 5) is 0. The summed E-state index contributed by atoms with van der Waals surface area (Å²) in [5, 5.41) is 0. The fourth-order valence-corrected chi connectivity index (χ4v) is 2.64. The average molecular weight is 247 g/mol. The Morgan fingerprint density at radius 2 is 2.00 bits per heavy atom. The van der Waals surface area contributed by atoms with Gasteiger partial charge in [0, 0.05) is 23.0 Å². The highest BCUT2D eigenvalue weighted by atomic mass is 35.7. The van der Waals surface area contributed by atoms with Crippen molar-refractivity contribution in [3.8, 4) is 0 Å². The fourth-order valence-electron chi connectivity index (χ4n) is 1.81. The topological polar surface area (TPSA) is 34.1 Å². The van der Waals surface area contributed by atoms with Crippen molar-refractivity contribution in [1.82, 2.24) is 0 Å². The van der Waals surface area contributed by atoms with Crippen molar-refractivity contribution < 1.29 is 17.2 Å². The van der Waals surface area contributed by atoms with E-state index in [1.165, 1.54) is 0 Å². The number of hydrogen-bond donors (Lipinski definition) is 0. The lowest BCUT2D eigenvalue weighted by Gasteiger charge is -2.30. The average Bonchev–Trinajstić information content (AvgIpc) is 2.00. The summed E-state index contributed by atoms with van der Waals surface area (Å²) in [7, 11) is 1.34. The van der Waals surface area contributed by atoms with E-state index in [2.05, 4.69) is 0 Å². The first-order valence-electron chi connectivity index (χ1n) is 4.61. The molecule has 0 aromatic carbocycles. The third kappa shape index (κ3) is 3.69. The molecule has 0 N–H and O–H groups in total. The zero-order valence-corrected chi connectivity index (χ0v) is 9.25. The lowest BCUT2D eigenvalue weighted by atomic mass is 9.84. The monoisotopic (exact) mass is 246 g/mol. The third-order valence-electron chi connectivity index (χ3n) is 2.62. The van der Waals surface area contributed by atoms with E-state index in [0.717, 1.165) is 6.42 Å². The molecule has 1 atom stereocenters. The summed E-state index contributed by atoms with van der Waals surface area (Å²) >= 11 is 0. The Kier molecular flexibility index (Phi) is 3.75. The van der Waals surface area contributed by atoms with Crippen LogP contribution in [0.2, 0.25) is 0 Å². The highest BCUT2D eigenvalue weighted by Crippen LogP contribution is 2.40. The zero-order chi connectivity index (χ0) is 10.8. The maximum Gasteiger partial charge on any atom is 0.250 e. The first kappa shape index (κ1) is 12.2. The molecule has 1 aliphatic carbocycles. The van der Waals surface area contributed by atoms with Crippen LogP contribution >= 0.6 is 10.7 Å². The second kappa shape index (κ2) is 4.31. The zero-order valence-electron chi connectivity index (χ0n) is 7.68. The lowest BCUT2D eigenvalue weighted by Crippen LogP contribution is -2.32. The van der Waals surface area contributed by atoms with E-state index in [9.17, 15) is 17.2 Å². The van der Waals surface area contributed by atoms with Gasteiger partial charge in [-0.15, -0.1) is 0 Å². The van der Waals surface area contributed by atoms with Crippen molar-refractivity contribution in [1.29, 1.82) is 0 Å². The molecule has 0 amide bonds. The summed E-state index contributed by atoms with van der Waals surface area (Å²) in [5.41, 5.74) is 0. The van der Waals surface area contributed by atoms with Gasteiger partial charge in [0.15, 0.2) is 0 Å². The number of alkyl halides is 2. The Labute approximate surface area is 87.1 Å². The van der Waals surface area contributed by atoms with Crippen molar-refractivity contribution >= 4 is 19.7 Å². The van der Waals surface area contributed by atoms with Gasteiger partial charge in [-0.05, 0) is 19.3 Å². The predicted molar refractivity (Wildman–Crippen MR) is 51.2 cm³/mol. The Hall–Kier alpha value is 0.1000. The van der Waals surface area contributed by atoms with Crippen molar-refractivity contribution in [2.45, 2.75) is 38.0 Å². The molecule has 0 bridgehead atoms. The normalized spacial score (nSPS) is 27.5. The van der Waals surface area contributed by atoms with Crippen LogP contribution in [-0.4, -0.2) is 20.1 Å². The molecule has 1 aliphatic rings. The minimum absolute atomic E-state index is 0.0289. The number of rotatable bonds is 3. The molecule has 2 nitrogen and oxygen atoms in total. The molecule has 14 heavy (non-hydrogen) atoms. The molecule has 0 heterocycles. The van der Waals surface area contributed by atoms with E-state index < -0.39 is 20.9 Å². The van der Waals surface area contributed by atoms with Gasteiger partial charge in [-0.3, -0.25) is 0 Å². The second-order valence-electron chi connectivity index (χ2n) is 3.74. The molecule has 1 rings (SSSR count). The molecule has 0 aromatic rings. The first-order chi connectivity index (χ1) is 6.31. The van der Waals surface area contributed by atoms with Crippen LogP contribution in [0.25, 0.3) is 0 Å². The number of halogens is 3. The van der Waals surface area contributed by atoms with E-state index in [0.29, 0.717) is 12.8 Å². The van der Waals surface area contributed by atoms with Gasteiger partial charge in [0.1, 0.15) is 0 Å². The summed E-state index contributed by atoms with van der Waals surface area (Å²) in [5.74, 6) is -3.88. The molecule has 0 aliphatic heterocycles. The molecular weight excluding hydrogens is 234 g/mol. The van der Waals surface area contributed by atoms with Crippen LogP contribution < -0.4 is 0 Å². The minimum atomic E-state index is -3.63. The van der Waals surface area contributed by atoms with E-state index in [1.54, 1.807) is 0 Å². The molecule has 0 spiro atoms. The van der Waals surface area contributed by atoms with Gasteiger partial charge in [-0.25, -0.2) is 17.2 Å². The summed E-state index contributed by atoms with van der Waals surface area (Å²) in [6, 6.07) is 0. The Morgan fingerprint density at radius 1 is 1.36 bits per heavy atom. The summed E-state index contributed by atoms with van der Waals surface area (Å²) < 4.78 is 47.6. The van der Waals surface area contributed by atoms with E-state index in [-0.39, 0.29) is 18.6 Å². The minimum Gasteiger partial charge on any atom is -0.212 e. The predicted octanol–water partition coefficient (Wildman–Crippen LogP) is 2.77. The van der Waals surface area contributed by atoms with E-state index in [4.69, 9.17) is 10.7 Å². The van der Waals surface area contributed by atoms with Gasteiger partial charge < -0.3 is 0 Å². The second-order valence-corrected chi connectivity index (χ2v) is 6.63. The highest BCUT2D eigenvalue weighted by molar-refractivity contribution is 8.13. The first-order valence-corrected chi connectivity index (χ1v) is 7.09. The van der Waals surface area contributed by atoms with Crippen LogP contribution in [0, 0.1) is 5.92 Å². The molecular formula is C8H13ClF2O2S. The molecule has 0 saturated heterocycles. The standard InChI is InChI=1S/C8H13ClF2O2S/c9-14(12,13)6-4-7-3-1-2-5-8(7,10)11/h7H,1-6H2. The van der Waals surface area contributed by atoms with Gasteiger partial charge in [-0.1, -0.05) is 6.42 Å². The highest BCUT2D eigenvalue weighted by Gasteiger charge is 2.41. The third-order valence-corrected chi connectivity index (χ3v) is 3.81. The van der Waals surface area contributed by atoms with E-state index in [1.807, 2.05) is 0 Å². The van der Waals surface area contributed by atoms with Crippen molar-refractivity contribution in [2.24, 2.45) is 5.92 Å². The smallest absolute Gasteiger partial charge is 0.212 e. The van der Waals surface area contributed by atoms with Crippen LogP contribution in [0.15, 0.2) is 0 Å². The van der Waals surface area contributed by atoms with Crippen molar-refractivity contribution in [3.05, 3.63) is 0 Å². The number of hydrogen-bond acceptors (Lipinski definition) is 2. The molecule has 1 saturated carbocycles. The molecule has 1 fully saturated rings. The Balaban J connectivity index is 2.50. The van der Waals surface area contributed by atoms with Gasteiger partial charge in [0.2, 0.25) is 9.05 Å². The van der Waals surface area contributed by atoms with Crippen LogP contribution in [-0.2, 0) is 9.05 Å². The fraction of sp³-hybridized carbons (Fsp3) is 1.00. The molecule has 84 valence electrons. The SMILES string of the molecule is O=S(=O)(Cl)CCC1CCCCC1(F)F. The van der Waals surface area contributed by atoms with Gasteiger partial charge in [-0.2, -0.15) is 0 Å². The van der Waals surface area contributed by atoms with Crippen LogP contribution in [0.1, 0.15) is 32.1 Å². The van der Waals surface area contributed by atoms with Crippen molar-refractivity contribution in [2.75, 3.05) is 5.75 Å². The summed E-state index contributed by atoms with van der Waals surface area (Å²) in [6.45, 7) is 0. The molecule has 0 aromatic heterocycles. The Bertz CT molecular complexity index is 290. The van der Waals surface area contributed by atoms with Crippen LogP contribution in [0.5, 0.6) is 0 Å². The Morgan fingerprint density at radius 3 is 2.50 bits per heavy atom. The molecule has 0 radical (unpaired) electrons. The maximum absolute atomic E-state index is 13.2. The van der Waals surface area contributed by atoms with E-state index >= 15 is 0 Å².